The maximum Gasteiger partial charge on any atom is 0.317 e. The van der Waals surface area contributed by atoms with E-state index in [1.165, 1.54) is 12.8 Å². The van der Waals surface area contributed by atoms with Crippen molar-refractivity contribution in [3.63, 3.8) is 0 Å². The van der Waals surface area contributed by atoms with Gasteiger partial charge in [-0.05, 0) is 38.5 Å². The molecule has 1 saturated heterocycles. The van der Waals surface area contributed by atoms with Crippen LogP contribution in [0.3, 0.4) is 0 Å². The van der Waals surface area contributed by atoms with Crippen LogP contribution in [0.4, 0.5) is 4.79 Å². The second-order valence-corrected chi connectivity index (χ2v) is 9.15. The molecule has 3 rings (SSSR count). The molecular formula is C15H27N3O3S. The molecule has 3 aliphatic rings. The Kier molecular flexibility index (Phi) is 4.64. The molecule has 22 heavy (non-hydrogen) atoms. The molecule has 6 nitrogen and oxygen atoms in total. The fourth-order valence-electron chi connectivity index (χ4n) is 3.60. The van der Waals surface area contributed by atoms with E-state index < -0.39 is 10.0 Å². The fourth-order valence-corrected chi connectivity index (χ4v) is 5.53. The number of piperidine rings is 1. The summed E-state index contributed by atoms with van der Waals surface area (Å²) >= 11 is 0. The molecule has 0 aromatic heterocycles. The Bertz CT molecular complexity index is 512. The highest BCUT2D eigenvalue weighted by Crippen LogP contribution is 2.32. The molecular weight excluding hydrogens is 302 g/mol. The van der Waals surface area contributed by atoms with Gasteiger partial charge in [0.2, 0.25) is 10.0 Å². The molecule has 2 aliphatic carbocycles. The fraction of sp³-hybridized carbons (Fsp3) is 0.933. The first-order chi connectivity index (χ1) is 10.5. The lowest BCUT2D eigenvalue weighted by molar-refractivity contribution is 0.179. The molecule has 3 fully saturated rings. The van der Waals surface area contributed by atoms with E-state index in [0.29, 0.717) is 19.1 Å². The molecule has 0 bridgehead atoms. The second-order valence-electron chi connectivity index (χ2n) is 6.94. The largest absolute Gasteiger partial charge is 0.334 e. The minimum Gasteiger partial charge on any atom is -0.334 e. The first kappa shape index (κ1) is 16.1. The summed E-state index contributed by atoms with van der Waals surface area (Å²) in [5.41, 5.74) is 0. The predicted molar refractivity (Wildman–Crippen MR) is 85.1 cm³/mol. The molecule has 0 unspecified atom stereocenters. The summed E-state index contributed by atoms with van der Waals surface area (Å²) in [7, 11) is -1.27. The van der Waals surface area contributed by atoms with E-state index >= 15 is 0 Å². The smallest absolute Gasteiger partial charge is 0.317 e. The monoisotopic (exact) mass is 329 g/mol. The third-order valence-corrected chi connectivity index (χ3v) is 7.58. The Morgan fingerprint density at radius 3 is 2.41 bits per heavy atom. The number of nitrogens with one attached hydrogen (secondary N) is 1. The molecule has 0 spiro atoms. The van der Waals surface area contributed by atoms with Gasteiger partial charge in [-0.15, -0.1) is 0 Å². The molecule has 0 aromatic carbocycles. The Morgan fingerprint density at radius 2 is 1.77 bits per heavy atom. The van der Waals surface area contributed by atoms with Gasteiger partial charge < -0.3 is 10.2 Å². The van der Waals surface area contributed by atoms with Crippen LogP contribution < -0.4 is 5.32 Å². The van der Waals surface area contributed by atoms with Crippen LogP contribution in [0.15, 0.2) is 0 Å². The molecule has 7 heteroatoms. The summed E-state index contributed by atoms with van der Waals surface area (Å²) in [6.45, 7) is 1.03. The second kappa shape index (κ2) is 6.35. The predicted octanol–water partition coefficient (Wildman–Crippen LogP) is 1.53. The van der Waals surface area contributed by atoms with Gasteiger partial charge in [-0.25, -0.2) is 13.2 Å². The van der Waals surface area contributed by atoms with Gasteiger partial charge in [0.15, 0.2) is 0 Å². The van der Waals surface area contributed by atoms with E-state index in [9.17, 15) is 13.2 Å². The van der Waals surface area contributed by atoms with Crippen LogP contribution in [-0.2, 0) is 10.0 Å². The van der Waals surface area contributed by atoms with E-state index in [2.05, 4.69) is 5.32 Å². The summed E-state index contributed by atoms with van der Waals surface area (Å²) in [5, 5.41) is 2.87. The van der Waals surface area contributed by atoms with Crippen molar-refractivity contribution in [3.05, 3.63) is 0 Å². The normalized spacial score (nSPS) is 27.8. The third kappa shape index (κ3) is 3.40. The summed E-state index contributed by atoms with van der Waals surface area (Å²) in [6.07, 6.45) is 7.82. The summed E-state index contributed by atoms with van der Waals surface area (Å²) in [4.78, 5) is 14.2. The van der Waals surface area contributed by atoms with Gasteiger partial charge >= 0.3 is 6.03 Å². The van der Waals surface area contributed by atoms with Crippen LogP contribution in [0.1, 0.15) is 51.4 Å². The van der Waals surface area contributed by atoms with Gasteiger partial charge in [0.1, 0.15) is 0 Å². The minimum atomic E-state index is -3.13. The molecule has 1 N–H and O–H groups in total. The Labute approximate surface area is 133 Å². The van der Waals surface area contributed by atoms with Crippen LogP contribution in [0.2, 0.25) is 0 Å². The van der Waals surface area contributed by atoms with Crippen LogP contribution in [-0.4, -0.2) is 61.1 Å². The van der Waals surface area contributed by atoms with Gasteiger partial charge in [-0.3, -0.25) is 0 Å². The third-order valence-electron chi connectivity index (χ3n) is 5.21. The highest BCUT2D eigenvalue weighted by atomic mass is 32.2. The molecule has 2 amide bonds. The summed E-state index contributed by atoms with van der Waals surface area (Å²) < 4.78 is 26.2. The maximum atomic E-state index is 12.3. The zero-order chi connectivity index (χ0) is 15.7. The van der Waals surface area contributed by atoms with E-state index in [-0.39, 0.29) is 17.3 Å². The SMILES string of the molecule is CN(C(=O)N[C@@H]1CCCN(S(=O)(=O)C2CC2)C1)C1CCCC1. The Morgan fingerprint density at radius 1 is 1.09 bits per heavy atom. The van der Waals surface area contributed by atoms with Crippen LogP contribution >= 0.6 is 0 Å². The molecule has 1 atom stereocenters. The number of rotatable bonds is 4. The summed E-state index contributed by atoms with van der Waals surface area (Å²) in [5.74, 6) is 0. The van der Waals surface area contributed by atoms with Gasteiger partial charge in [0, 0.05) is 32.2 Å². The quantitative estimate of drug-likeness (QED) is 0.850. The number of amides is 2. The molecule has 0 aromatic rings. The molecule has 1 heterocycles. The highest BCUT2D eigenvalue weighted by Gasteiger charge is 2.41. The minimum absolute atomic E-state index is 0.0532. The number of sulfonamides is 1. The molecule has 1 aliphatic heterocycles. The van der Waals surface area contributed by atoms with Crippen molar-refractivity contribution in [1.82, 2.24) is 14.5 Å². The number of carbonyl (C=O) groups is 1. The average Bonchev–Trinajstić information content (AvgIpc) is 3.23. The van der Waals surface area contributed by atoms with Crippen molar-refractivity contribution in [2.75, 3.05) is 20.1 Å². The lowest BCUT2D eigenvalue weighted by Crippen LogP contribution is -2.53. The number of nitrogens with zero attached hydrogens (tertiary/aromatic N) is 2. The van der Waals surface area contributed by atoms with Gasteiger partial charge in [0.05, 0.1) is 5.25 Å². The molecule has 0 radical (unpaired) electrons. The number of hydrogen-bond donors (Lipinski definition) is 1. The van der Waals surface area contributed by atoms with Crippen LogP contribution in [0.5, 0.6) is 0 Å². The Balaban J connectivity index is 1.54. The number of carbonyl (C=O) groups excluding carboxylic acids is 1. The van der Waals surface area contributed by atoms with Crippen molar-refractivity contribution in [2.24, 2.45) is 0 Å². The van der Waals surface area contributed by atoms with Crippen molar-refractivity contribution in [1.29, 1.82) is 0 Å². The van der Waals surface area contributed by atoms with Crippen molar-refractivity contribution in [3.8, 4) is 0 Å². The Hall–Kier alpha value is -0.820. The van der Waals surface area contributed by atoms with Gasteiger partial charge in [-0.1, -0.05) is 12.8 Å². The van der Waals surface area contributed by atoms with Crippen molar-refractivity contribution >= 4 is 16.1 Å². The van der Waals surface area contributed by atoms with Crippen LogP contribution in [0, 0.1) is 0 Å². The molecule has 126 valence electrons. The lowest BCUT2D eigenvalue weighted by atomic mass is 10.1. The standard InChI is InChI=1S/C15H27N3O3S/c1-17(13-6-2-3-7-13)15(19)16-12-5-4-10-18(11-12)22(20,21)14-8-9-14/h12-14H,2-11H2,1H3,(H,16,19)/t12-/m1/s1. The van der Waals surface area contributed by atoms with E-state index in [1.54, 1.807) is 9.21 Å². The highest BCUT2D eigenvalue weighted by molar-refractivity contribution is 7.90. The zero-order valence-corrected chi connectivity index (χ0v) is 14.1. The van der Waals surface area contributed by atoms with Crippen molar-refractivity contribution < 1.29 is 13.2 Å². The lowest BCUT2D eigenvalue weighted by Gasteiger charge is -2.34. The van der Waals surface area contributed by atoms with Gasteiger partial charge in [-0.2, -0.15) is 4.31 Å². The summed E-state index contributed by atoms with van der Waals surface area (Å²) in [6, 6.07) is 0.232. The average molecular weight is 329 g/mol. The van der Waals surface area contributed by atoms with Gasteiger partial charge in [0.25, 0.3) is 0 Å². The first-order valence-corrected chi connectivity index (χ1v) is 10.0. The van der Waals surface area contributed by atoms with E-state index in [4.69, 9.17) is 0 Å². The topological polar surface area (TPSA) is 69.7 Å². The molecule has 2 saturated carbocycles. The maximum absolute atomic E-state index is 12.3. The first-order valence-electron chi connectivity index (χ1n) is 8.51. The zero-order valence-electron chi connectivity index (χ0n) is 13.3. The van der Waals surface area contributed by atoms with Crippen molar-refractivity contribution in [2.45, 2.75) is 68.7 Å². The van der Waals surface area contributed by atoms with E-state index in [1.807, 2.05) is 7.05 Å². The van der Waals surface area contributed by atoms with E-state index in [0.717, 1.165) is 38.5 Å². The number of urea groups is 1. The number of hydrogen-bond acceptors (Lipinski definition) is 3. The van der Waals surface area contributed by atoms with Crippen LogP contribution in [0.25, 0.3) is 0 Å².